The lowest BCUT2D eigenvalue weighted by atomic mass is 10.1. The molecule has 0 saturated heterocycles. The maximum atomic E-state index is 13.0. The SMILES string of the molecule is FC(F)(F)c1ccccc1OC(CCCl)c1ccccc1. The number of hydrogen-bond donors (Lipinski definition) is 0. The van der Waals surface area contributed by atoms with E-state index in [-0.39, 0.29) is 5.75 Å². The summed E-state index contributed by atoms with van der Waals surface area (Å²) < 4.78 is 44.5. The maximum absolute atomic E-state index is 13.0. The fourth-order valence-electron chi connectivity index (χ4n) is 2.02. The van der Waals surface area contributed by atoms with Gasteiger partial charge in [-0.15, -0.1) is 11.6 Å². The lowest BCUT2D eigenvalue weighted by molar-refractivity contribution is -0.139. The van der Waals surface area contributed by atoms with Crippen LogP contribution in [-0.2, 0) is 6.18 Å². The van der Waals surface area contributed by atoms with Gasteiger partial charge in [0, 0.05) is 12.3 Å². The van der Waals surface area contributed by atoms with Gasteiger partial charge in [0.2, 0.25) is 0 Å². The molecule has 0 bridgehead atoms. The third-order valence-electron chi connectivity index (χ3n) is 3.00. The molecule has 0 heterocycles. The van der Waals surface area contributed by atoms with Crippen LogP contribution in [0.25, 0.3) is 0 Å². The predicted molar refractivity (Wildman–Crippen MR) is 76.6 cm³/mol. The zero-order chi connectivity index (χ0) is 15.3. The molecule has 0 aliphatic heterocycles. The van der Waals surface area contributed by atoms with E-state index < -0.39 is 17.8 Å². The Hall–Kier alpha value is -1.68. The molecule has 0 radical (unpaired) electrons. The van der Waals surface area contributed by atoms with E-state index >= 15 is 0 Å². The molecule has 0 aromatic heterocycles. The number of hydrogen-bond acceptors (Lipinski definition) is 1. The van der Waals surface area contributed by atoms with E-state index in [4.69, 9.17) is 16.3 Å². The van der Waals surface area contributed by atoms with Gasteiger partial charge in [0.05, 0.1) is 5.56 Å². The van der Waals surface area contributed by atoms with Crippen LogP contribution >= 0.6 is 11.6 Å². The van der Waals surface area contributed by atoms with Crippen molar-refractivity contribution < 1.29 is 17.9 Å². The van der Waals surface area contributed by atoms with Gasteiger partial charge < -0.3 is 4.74 Å². The van der Waals surface area contributed by atoms with Crippen molar-refractivity contribution in [2.45, 2.75) is 18.7 Å². The molecule has 0 amide bonds. The molecule has 1 unspecified atom stereocenters. The minimum atomic E-state index is -4.45. The number of halogens is 4. The van der Waals surface area contributed by atoms with E-state index in [0.29, 0.717) is 12.3 Å². The predicted octanol–water partition coefficient (Wildman–Crippen LogP) is 5.45. The second-order valence-electron chi connectivity index (χ2n) is 4.49. The van der Waals surface area contributed by atoms with E-state index in [1.54, 1.807) is 0 Å². The maximum Gasteiger partial charge on any atom is 0.419 e. The van der Waals surface area contributed by atoms with Crippen molar-refractivity contribution in [1.29, 1.82) is 0 Å². The molecule has 0 fully saturated rings. The second kappa shape index (κ2) is 6.85. The number of rotatable bonds is 5. The molecule has 112 valence electrons. The van der Waals surface area contributed by atoms with Crippen LogP contribution in [0.2, 0.25) is 0 Å². The zero-order valence-electron chi connectivity index (χ0n) is 11.1. The van der Waals surface area contributed by atoms with Crippen LogP contribution in [0.3, 0.4) is 0 Å². The fourth-order valence-corrected chi connectivity index (χ4v) is 2.22. The molecular weight excluding hydrogens is 301 g/mol. The van der Waals surface area contributed by atoms with E-state index in [1.165, 1.54) is 18.2 Å². The van der Waals surface area contributed by atoms with Crippen molar-refractivity contribution in [3.8, 4) is 5.75 Å². The van der Waals surface area contributed by atoms with Gasteiger partial charge in [0.15, 0.2) is 0 Å². The minimum Gasteiger partial charge on any atom is -0.485 e. The van der Waals surface area contributed by atoms with E-state index in [0.717, 1.165) is 11.6 Å². The van der Waals surface area contributed by atoms with Crippen LogP contribution in [0.5, 0.6) is 5.75 Å². The van der Waals surface area contributed by atoms with Crippen LogP contribution in [-0.4, -0.2) is 5.88 Å². The Bertz CT molecular complexity index is 569. The van der Waals surface area contributed by atoms with E-state index in [9.17, 15) is 13.2 Å². The zero-order valence-corrected chi connectivity index (χ0v) is 11.9. The highest BCUT2D eigenvalue weighted by molar-refractivity contribution is 6.17. The van der Waals surface area contributed by atoms with Gasteiger partial charge in [0.25, 0.3) is 0 Å². The third kappa shape index (κ3) is 4.14. The quantitative estimate of drug-likeness (QED) is 0.666. The summed E-state index contributed by atoms with van der Waals surface area (Å²) in [7, 11) is 0. The van der Waals surface area contributed by atoms with Gasteiger partial charge in [-0.25, -0.2) is 0 Å². The summed E-state index contributed by atoms with van der Waals surface area (Å²) in [5, 5.41) is 0. The van der Waals surface area contributed by atoms with Crippen molar-refractivity contribution in [3.05, 3.63) is 65.7 Å². The highest BCUT2D eigenvalue weighted by atomic mass is 35.5. The monoisotopic (exact) mass is 314 g/mol. The van der Waals surface area contributed by atoms with Crippen molar-refractivity contribution >= 4 is 11.6 Å². The standard InChI is InChI=1S/C16H14ClF3O/c17-11-10-14(12-6-2-1-3-7-12)21-15-9-5-4-8-13(15)16(18,19)20/h1-9,14H,10-11H2. The highest BCUT2D eigenvalue weighted by Crippen LogP contribution is 2.38. The third-order valence-corrected chi connectivity index (χ3v) is 3.22. The first-order valence-corrected chi connectivity index (χ1v) is 6.99. The molecule has 0 aliphatic rings. The topological polar surface area (TPSA) is 9.23 Å². The summed E-state index contributed by atoms with van der Waals surface area (Å²) in [6.07, 6.45) is -4.52. The molecule has 21 heavy (non-hydrogen) atoms. The molecule has 0 saturated carbocycles. The largest absolute Gasteiger partial charge is 0.485 e. The average molecular weight is 315 g/mol. The molecule has 0 N–H and O–H groups in total. The first-order valence-electron chi connectivity index (χ1n) is 6.46. The Morgan fingerprint density at radius 3 is 2.19 bits per heavy atom. The van der Waals surface area contributed by atoms with Crippen LogP contribution in [0, 0.1) is 0 Å². The van der Waals surface area contributed by atoms with Crippen LogP contribution in [0.15, 0.2) is 54.6 Å². The molecule has 2 rings (SSSR count). The minimum absolute atomic E-state index is 0.177. The van der Waals surface area contributed by atoms with Gasteiger partial charge in [-0.05, 0) is 17.7 Å². The fraction of sp³-hybridized carbons (Fsp3) is 0.250. The summed E-state index contributed by atoms with van der Waals surface area (Å²) in [5.74, 6) is 0.122. The smallest absolute Gasteiger partial charge is 0.419 e. The molecular formula is C16H14ClF3O. The lowest BCUT2D eigenvalue weighted by Gasteiger charge is -2.21. The first-order chi connectivity index (χ1) is 10.0. The van der Waals surface area contributed by atoms with Gasteiger partial charge in [-0.2, -0.15) is 13.2 Å². The summed E-state index contributed by atoms with van der Waals surface area (Å²) in [6, 6.07) is 14.3. The Morgan fingerprint density at radius 1 is 0.952 bits per heavy atom. The number of benzene rings is 2. The normalized spacial score (nSPS) is 13.0. The number of alkyl halides is 4. The summed E-state index contributed by atoms with van der Waals surface area (Å²) in [4.78, 5) is 0. The molecule has 0 aliphatic carbocycles. The van der Waals surface area contributed by atoms with Crippen LogP contribution < -0.4 is 4.74 Å². The Labute approximate surface area is 126 Å². The molecule has 1 atom stereocenters. The lowest BCUT2D eigenvalue weighted by Crippen LogP contribution is -2.13. The van der Waals surface area contributed by atoms with Gasteiger partial charge in [-0.3, -0.25) is 0 Å². The van der Waals surface area contributed by atoms with E-state index in [1.807, 2.05) is 30.3 Å². The van der Waals surface area contributed by atoms with Crippen LogP contribution in [0.4, 0.5) is 13.2 Å². The Kier molecular flexibility index (Phi) is 5.12. The van der Waals surface area contributed by atoms with Crippen molar-refractivity contribution in [2.24, 2.45) is 0 Å². The van der Waals surface area contributed by atoms with Crippen LogP contribution in [0.1, 0.15) is 23.7 Å². The van der Waals surface area contributed by atoms with Gasteiger partial charge in [0.1, 0.15) is 11.9 Å². The van der Waals surface area contributed by atoms with Gasteiger partial charge in [-0.1, -0.05) is 42.5 Å². The molecule has 5 heteroatoms. The Balaban J connectivity index is 2.30. The second-order valence-corrected chi connectivity index (χ2v) is 4.87. The summed E-state index contributed by atoms with van der Waals surface area (Å²) >= 11 is 5.74. The molecule has 2 aromatic rings. The number of para-hydroxylation sites is 1. The Morgan fingerprint density at radius 2 is 1.57 bits per heavy atom. The van der Waals surface area contributed by atoms with Crippen molar-refractivity contribution in [1.82, 2.24) is 0 Å². The summed E-state index contributed by atoms with van der Waals surface area (Å²) in [5.41, 5.74) is 0.0237. The first kappa shape index (κ1) is 15.7. The average Bonchev–Trinajstić information content (AvgIpc) is 2.47. The highest BCUT2D eigenvalue weighted by Gasteiger charge is 2.34. The molecule has 0 spiro atoms. The van der Waals surface area contributed by atoms with Crippen molar-refractivity contribution in [3.63, 3.8) is 0 Å². The van der Waals surface area contributed by atoms with Crippen molar-refractivity contribution in [2.75, 3.05) is 5.88 Å². The van der Waals surface area contributed by atoms with Gasteiger partial charge >= 0.3 is 6.18 Å². The summed E-state index contributed by atoms with van der Waals surface area (Å²) in [6.45, 7) is 0. The number of ether oxygens (including phenoxy) is 1. The molecule has 2 aromatic carbocycles. The van der Waals surface area contributed by atoms with E-state index in [2.05, 4.69) is 0 Å². The molecule has 1 nitrogen and oxygen atoms in total.